The van der Waals surface area contributed by atoms with E-state index in [4.69, 9.17) is 0 Å². The molecule has 0 spiro atoms. The van der Waals surface area contributed by atoms with Crippen LogP contribution in [0.15, 0.2) is 54.6 Å². The van der Waals surface area contributed by atoms with Crippen molar-refractivity contribution in [1.29, 1.82) is 0 Å². The predicted octanol–water partition coefficient (Wildman–Crippen LogP) is 3.12. The first-order valence-electron chi connectivity index (χ1n) is 7.08. The molecule has 0 saturated carbocycles. The van der Waals surface area contributed by atoms with E-state index in [1.165, 1.54) is 17.4 Å². The monoisotopic (exact) mass is 303 g/mol. The van der Waals surface area contributed by atoms with Crippen molar-refractivity contribution in [2.75, 3.05) is 23.9 Å². The van der Waals surface area contributed by atoms with Crippen molar-refractivity contribution in [2.45, 2.75) is 12.8 Å². The van der Waals surface area contributed by atoms with Crippen molar-refractivity contribution in [3.63, 3.8) is 0 Å². The molecule has 0 aliphatic rings. The van der Waals surface area contributed by atoms with Gasteiger partial charge in [-0.1, -0.05) is 48.5 Å². The van der Waals surface area contributed by atoms with Gasteiger partial charge in [0.15, 0.2) is 0 Å². The fourth-order valence-electron chi connectivity index (χ4n) is 2.22. The van der Waals surface area contributed by atoms with Crippen molar-refractivity contribution < 1.29 is 8.42 Å². The Bertz CT molecular complexity index is 666. The Labute approximate surface area is 126 Å². The molecular formula is C17H21NO2S. The third kappa shape index (κ3) is 5.60. The number of nitrogens with one attached hydrogen (secondary N) is 1. The zero-order chi connectivity index (χ0) is 15.1. The van der Waals surface area contributed by atoms with Gasteiger partial charge in [-0.05, 0) is 30.0 Å². The van der Waals surface area contributed by atoms with Crippen LogP contribution in [0, 0.1) is 0 Å². The maximum atomic E-state index is 11.1. The van der Waals surface area contributed by atoms with Crippen molar-refractivity contribution in [3.05, 3.63) is 65.7 Å². The molecule has 0 bridgehead atoms. The molecule has 0 radical (unpaired) electrons. The maximum absolute atomic E-state index is 11.1. The number of hydrogen-bond donors (Lipinski definition) is 1. The molecular weight excluding hydrogens is 282 g/mol. The number of rotatable bonds is 7. The third-order valence-electron chi connectivity index (χ3n) is 3.26. The lowest BCUT2D eigenvalue weighted by molar-refractivity contribution is 0.600. The van der Waals surface area contributed by atoms with Crippen LogP contribution in [0.5, 0.6) is 0 Å². The van der Waals surface area contributed by atoms with Gasteiger partial charge in [0, 0.05) is 18.5 Å². The minimum absolute atomic E-state index is 0.223. The SMILES string of the molecule is CS(=O)(=O)CCCNc1ccccc1Cc1ccccc1. The minimum atomic E-state index is -2.88. The summed E-state index contributed by atoms with van der Waals surface area (Å²) in [6, 6.07) is 18.5. The third-order valence-corrected chi connectivity index (χ3v) is 4.29. The van der Waals surface area contributed by atoms with E-state index >= 15 is 0 Å². The first kappa shape index (κ1) is 15.6. The summed E-state index contributed by atoms with van der Waals surface area (Å²) in [6.45, 7) is 0.666. The van der Waals surface area contributed by atoms with Gasteiger partial charge in [0.1, 0.15) is 9.84 Å². The van der Waals surface area contributed by atoms with E-state index in [-0.39, 0.29) is 5.75 Å². The van der Waals surface area contributed by atoms with Crippen LogP contribution in [0.1, 0.15) is 17.5 Å². The molecule has 0 saturated heterocycles. The highest BCUT2D eigenvalue weighted by Crippen LogP contribution is 2.19. The van der Waals surface area contributed by atoms with E-state index in [9.17, 15) is 8.42 Å². The lowest BCUT2D eigenvalue weighted by Gasteiger charge is -2.12. The van der Waals surface area contributed by atoms with Crippen LogP contribution < -0.4 is 5.32 Å². The average molecular weight is 303 g/mol. The summed E-state index contributed by atoms with van der Waals surface area (Å²) in [4.78, 5) is 0. The summed E-state index contributed by atoms with van der Waals surface area (Å²) >= 11 is 0. The van der Waals surface area contributed by atoms with Gasteiger partial charge in [0.25, 0.3) is 0 Å². The van der Waals surface area contributed by atoms with Gasteiger partial charge < -0.3 is 5.32 Å². The Hall–Kier alpha value is -1.81. The Balaban J connectivity index is 1.97. The molecule has 4 heteroatoms. The summed E-state index contributed by atoms with van der Waals surface area (Å²) in [6.07, 6.45) is 2.77. The smallest absolute Gasteiger partial charge is 0.147 e. The molecule has 1 N–H and O–H groups in total. The van der Waals surface area contributed by atoms with Crippen LogP contribution in [0.3, 0.4) is 0 Å². The summed E-state index contributed by atoms with van der Waals surface area (Å²) in [5.74, 6) is 0.223. The topological polar surface area (TPSA) is 46.2 Å². The second-order valence-electron chi connectivity index (χ2n) is 5.23. The molecule has 0 aromatic heterocycles. The summed E-state index contributed by atoms with van der Waals surface area (Å²) in [7, 11) is -2.88. The fourth-order valence-corrected chi connectivity index (χ4v) is 2.89. The first-order chi connectivity index (χ1) is 10.0. The molecule has 0 heterocycles. The zero-order valence-corrected chi connectivity index (χ0v) is 13.1. The Kier molecular flexibility index (Phi) is 5.39. The molecule has 0 unspecified atom stereocenters. The van der Waals surface area contributed by atoms with Gasteiger partial charge in [0.2, 0.25) is 0 Å². The van der Waals surface area contributed by atoms with Crippen molar-refractivity contribution >= 4 is 15.5 Å². The number of anilines is 1. The molecule has 21 heavy (non-hydrogen) atoms. The molecule has 0 fully saturated rings. The standard InChI is InChI=1S/C17H21NO2S/c1-21(19,20)13-7-12-18-17-11-6-5-10-16(17)14-15-8-3-2-4-9-15/h2-6,8-11,18H,7,12-14H2,1H3. The van der Waals surface area contributed by atoms with Gasteiger partial charge in [-0.2, -0.15) is 0 Å². The summed E-state index contributed by atoms with van der Waals surface area (Å²) < 4.78 is 22.2. The van der Waals surface area contributed by atoms with E-state index in [2.05, 4.69) is 23.5 Å². The summed E-state index contributed by atoms with van der Waals surface area (Å²) in [5.41, 5.74) is 3.57. The number of sulfone groups is 1. The normalized spacial score (nSPS) is 11.3. The van der Waals surface area contributed by atoms with Crippen LogP contribution in [-0.2, 0) is 16.3 Å². The Morgan fingerprint density at radius 3 is 2.33 bits per heavy atom. The van der Waals surface area contributed by atoms with E-state index in [1.54, 1.807) is 0 Å². The molecule has 0 atom stereocenters. The molecule has 112 valence electrons. The molecule has 0 aliphatic carbocycles. The predicted molar refractivity (Wildman–Crippen MR) is 88.5 cm³/mol. The highest BCUT2D eigenvalue weighted by atomic mass is 32.2. The van der Waals surface area contributed by atoms with Gasteiger partial charge >= 0.3 is 0 Å². The fraction of sp³-hybridized carbons (Fsp3) is 0.294. The van der Waals surface area contributed by atoms with Crippen LogP contribution in [0.4, 0.5) is 5.69 Å². The van der Waals surface area contributed by atoms with Gasteiger partial charge in [-0.3, -0.25) is 0 Å². The molecule has 2 aromatic rings. The average Bonchev–Trinajstić information content (AvgIpc) is 2.45. The molecule has 2 aromatic carbocycles. The van der Waals surface area contributed by atoms with E-state index in [0.717, 1.165) is 12.1 Å². The van der Waals surface area contributed by atoms with Crippen molar-refractivity contribution in [3.8, 4) is 0 Å². The zero-order valence-electron chi connectivity index (χ0n) is 12.2. The second-order valence-corrected chi connectivity index (χ2v) is 7.49. The van der Waals surface area contributed by atoms with E-state index < -0.39 is 9.84 Å². The maximum Gasteiger partial charge on any atom is 0.147 e. The molecule has 3 nitrogen and oxygen atoms in total. The van der Waals surface area contributed by atoms with Crippen LogP contribution in [0.2, 0.25) is 0 Å². The van der Waals surface area contributed by atoms with Crippen molar-refractivity contribution in [1.82, 2.24) is 0 Å². The quantitative estimate of drug-likeness (QED) is 0.799. The first-order valence-corrected chi connectivity index (χ1v) is 9.14. The second kappa shape index (κ2) is 7.27. The minimum Gasteiger partial charge on any atom is -0.385 e. The van der Waals surface area contributed by atoms with Crippen LogP contribution in [0.25, 0.3) is 0 Å². The highest BCUT2D eigenvalue weighted by molar-refractivity contribution is 7.90. The number of hydrogen-bond acceptors (Lipinski definition) is 3. The highest BCUT2D eigenvalue weighted by Gasteiger charge is 2.04. The van der Waals surface area contributed by atoms with Gasteiger partial charge in [-0.15, -0.1) is 0 Å². The summed E-state index contributed by atoms with van der Waals surface area (Å²) in [5, 5.41) is 3.34. The lowest BCUT2D eigenvalue weighted by Crippen LogP contribution is -2.10. The Morgan fingerprint density at radius 1 is 0.952 bits per heavy atom. The molecule has 0 aliphatic heterocycles. The number of benzene rings is 2. The van der Waals surface area contributed by atoms with Crippen LogP contribution in [-0.4, -0.2) is 27.0 Å². The van der Waals surface area contributed by atoms with E-state index in [1.807, 2.05) is 36.4 Å². The van der Waals surface area contributed by atoms with Gasteiger partial charge in [-0.25, -0.2) is 8.42 Å². The number of para-hydroxylation sites is 1. The molecule has 2 rings (SSSR count). The Morgan fingerprint density at radius 2 is 1.62 bits per heavy atom. The van der Waals surface area contributed by atoms with Crippen molar-refractivity contribution in [2.24, 2.45) is 0 Å². The molecule has 0 amide bonds. The van der Waals surface area contributed by atoms with E-state index in [0.29, 0.717) is 13.0 Å². The van der Waals surface area contributed by atoms with Gasteiger partial charge in [0.05, 0.1) is 5.75 Å². The van der Waals surface area contributed by atoms with Crippen LogP contribution >= 0.6 is 0 Å². The largest absolute Gasteiger partial charge is 0.385 e. The lowest BCUT2D eigenvalue weighted by atomic mass is 10.0.